The molecule has 1 fully saturated rings. The van der Waals surface area contributed by atoms with Gasteiger partial charge in [0.25, 0.3) is 5.91 Å². The van der Waals surface area contributed by atoms with Crippen LogP contribution in [0, 0.1) is 31.0 Å². The van der Waals surface area contributed by atoms with Gasteiger partial charge in [-0.25, -0.2) is 9.18 Å². The molecule has 0 spiro atoms. The maximum absolute atomic E-state index is 13.6. The van der Waals surface area contributed by atoms with Gasteiger partial charge in [-0.15, -0.1) is 0 Å². The Morgan fingerprint density at radius 2 is 1.82 bits per heavy atom. The molecule has 1 unspecified atom stereocenters. The van der Waals surface area contributed by atoms with Crippen molar-refractivity contribution in [3.8, 4) is 11.8 Å². The molecule has 4 rings (SSSR count). The summed E-state index contributed by atoms with van der Waals surface area (Å²) in [5.74, 6) is -1.53. The quantitative estimate of drug-likeness (QED) is 0.434. The normalized spacial score (nSPS) is 17.6. The molecule has 9 heteroatoms. The number of urea groups is 1. The molecule has 34 heavy (non-hydrogen) atoms. The van der Waals surface area contributed by atoms with E-state index in [1.807, 2.05) is 6.07 Å². The Kier molecular flexibility index (Phi) is 5.75. The molecule has 172 valence electrons. The van der Waals surface area contributed by atoms with Crippen LogP contribution in [0.5, 0.6) is 0 Å². The number of Topliss-reactive ketones (excluding diaryl/α,β-unsaturated/α-hetero) is 1. The first-order valence-corrected chi connectivity index (χ1v) is 10.8. The van der Waals surface area contributed by atoms with E-state index in [9.17, 15) is 18.8 Å². The average Bonchev–Trinajstić information content (AvgIpc) is 3.23. The van der Waals surface area contributed by atoms with Gasteiger partial charge in [-0.1, -0.05) is 23.7 Å². The number of carbonyl (C=O) groups excluding carboxylic acids is 3. The first-order valence-electron chi connectivity index (χ1n) is 10.4. The van der Waals surface area contributed by atoms with Crippen LogP contribution in [0.4, 0.5) is 9.18 Å². The molecule has 1 saturated heterocycles. The van der Waals surface area contributed by atoms with E-state index < -0.39 is 35.6 Å². The lowest BCUT2D eigenvalue weighted by molar-refractivity contribution is -0.130. The van der Waals surface area contributed by atoms with E-state index in [0.29, 0.717) is 33.8 Å². The number of halogens is 2. The first kappa shape index (κ1) is 23.2. The largest absolute Gasteiger partial charge is 0.325 e. The molecule has 2 aromatic carbocycles. The van der Waals surface area contributed by atoms with E-state index in [-0.39, 0.29) is 5.02 Å². The molecule has 0 aliphatic carbocycles. The molecule has 1 aromatic heterocycles. The zero-order valence-electron chi connectivity index (χ0n) is 18.6. The van der Waals surface area contributed by atoms with Crippen molar-refractivity contribution in [1.82, 2.24) is 14.8 Å². The fraction of sp³-hybridized carbons (Fsp3) is 0.200. The van der Waals surface area contributed by atoms with Crippen molar-refractivity contribution in [3.63, 3.8) is 0 Å². The van der Waals surface area contributed by atoms with Gasteiger partial charge in [0.1, 0.15) is 11.4 Å². The average molecular weight is 479 g/mol. The SMILES string of the molecule is Cc1cc(C(=O)CN2C(=O)NC(C)(c3ccc(C#N)cc3)C2=O)c(C)n1-c1ccc(F)c(Cl)c1. The highest BCUT2D eigenvalue weighted by atomic mass is 35.5. The summed E-state index contributed by atoms with van der Waals surface area (Å²) in [5, 5.41) is 11.6. The van der Waals surface area contributed by atoms with Gasteiger partial charge in [-0.05, 0) is 62.7 Å². The Labute approximate surface area is 200 Å². The van der Waals surface area contributed by atoms with E-state index in [0.717, 1.165) is 4.90 Å². The number of ketones is 1. The summed E-state index contributed by atoms with van der Waals surface area (Å²) in [6, 6.07) is 13.6. The van der Waals surface area contributed by atoms with E-state index in [2.05, 4.69) is 5.32 Å². The lowest BCUT2D eigenvalue weighted by atomic mass is 9.91. The molecular weight excluding hydrogens is 459 g/mol. The van der Waals surface area contributed by atoms with Crippen LogP contribution < -0.4 is 5.32 Å². The molecule has 3 aromatic rings. The Hall–Kier alpha value is -3.96. The standard InChI is InChI=1S/C25H20ClFN4O3/c1-14-10-19(15(2)31(14)18-8-9-21(27)20(26)11-18)22(32)13-30-23(33)25(3,29-24(30)34)17-6-4-16(12-28)5-7-17/h4-11H,13H2,1-3H3,(H,29,34). The second-order valence-electron chi connectivity index (χ2n) is 8.28. The van der Waals surface area contributed by atoms with Gasteiger partial charge in [0.2, 0.25) is 0 Å². The number of aryl methyl sites for hydroxylation is 1. The van der Waals surface area contributed by atoms with E-state index in [1.165, 1.54) is 12.1 Å². The number of hydrogen-bond acceptors (Lipinski definition) is 4. The Bertz CT molecular complexity index is 1390. The highest BCUT2D eigenvalue weighted by molar-refractivity contribution is 6.30. The smallest absolute Gasteiger partial charge is 0.319 e. The number of benzene rings is 2. The summed E-state index contributed by atoms with van der Waals surface area (Å²) in [4.78, 5) is 39.9. The number of nitrogens with zero attached hydrogens (tertiary/aromatic N) is 3. The van der Waals surface area contributed by atoms with Crippen LogP contribution in [0.3, 0.4) is 0 Å². The number of hydrogen-bond donors (Lipinski definition) is 1. The number of carbonyl (C=O) groups is 3. The Balaban J connectivity index is 1.60. The molecule has 0 bridgehead atoms. The van der Waals surface area contributed by atoms with E-state index >= 15 is 0 Å². The minimum Gasteiger partial charge on any atom is -0.319 e. The third-order valence-electron chi connectivity index (χ3n) is 6.06. The molecule has 0 saturated carbocycles. The summed E-state index contributed by atoms with van der Waals surface area (Å²) < 4.78 is 15.3. The maximum atomic E-state index is 13.6. The molecule has 1 atom stereocenters. The van der Waals surface area contributed by atoms with Gasteiger partial charge in [-0.3, -0.25) is 14.5 Å². The number of imide groups is 1. The van der Waals surface area contributed by atoms with Crippen LogP contribution in [0.2, 0.25) is 5.02 Å². The maximum Gasteiger partial charge on any atom is 0.325 e. The van der Waals surface area contributed by atoms with Crippen LogP contribution >= 0.6 is 11.6 Å². The summed E-state index contributed by atoms with van der Waals surface area (Å²) in [5.41, 5.74) is 1.79. The summed E-state index contributed by atoms with van der Waals surface area (Å²) in [7, 11) is 0. The number of aromatic nitrogens is 1. The Morgan fingerprint density at radius 1 is 1.15 bits per heavy atom. The molecule has 3 amide bonds. The third-order valence-corrected chi connectivity index (χ3v) is 6.35. The van der Waals surface area contributed by atoms with Gasteiger partial charge in [0, 0.05) is 22.6 Å². The molecule has 1 aliphatic heterocycles. The third kappa shape index (κ3) is 3.74. The van der Waals surface area contributed by atoms with Crippen molar-refractivity contribution >= 4 is 29.3 Å². The van der Waals surface area contributed by atoms with E-state index in [1.54, 1.807) is 61.7 Å². The zero-order valence-corrected chi connectivity index (χ0v) is 19.4. The van der Waals surface area contributed by atoms with Crippen molar-refractivity contribution in [2.75, 3.05) is 6.54 Å². The monoisotopic (exact) mass is 478 g/mol. The number of nitriles is 1. The van der Waals surface area contributed by atoms with Crippen molar-refractivity contribution in [2.45, 2.75) is 26.3 Å². The molecule has 1 aliphatic rings. The van der Waals surface area contributed by atoms with Crippen LogP contribution in [-0.4, -0.2) is 33.7 Å². The second kappa shape index (κ2) is 8.43. The summed E-state index contributed by atoms with van der Waals surface area (Å²) in [6.07, 6.45) is 0. The minimum absolute atomic E-state index is 0.0423. The highest BCUT2D eigenvalue weighted by Gasteiger charge is 2.49. The van der Waals surface area contributed by atoms with Crippen molar-refractivity contribution in [1.29, 1.82) is 5.26 Å². The highest BCUT2D eigenvalue weighted by Crippen LogP contribution is 2.30. The van der Waals surface area contributed by atoms with Gasteiger partial charge in [0.15, 0.2) is 5.78 Å². The van der Waals surface area contributed by atoms with Crippen molar-refractivity contribution in [2.24, 2.45) is 0 Å². The topological polar surface area (TPSA) is 95.2 Å². The minimum atomic E-state index is -1.35. The number of nitrogens with one attached hydrogen (secondary N) is 1. The van der Waals surface area contributed by atoms with Gasteiger partial charge >= 0.3 is 6.03 Å². The molecule has 1 N–H and O–H groups in total. The van der Waals surface area contributed by atoms with Gasteiger partial charge in [-0.2, -0.15) is 5.26 Å². The van der Waals surface area contributed by atoms with Crippen LogP contribution in [0.15, 0.2) is 48.5 Å². The lowest BCUT2D eigenvalue weighted by Crippen LogP contribution is -2.41. The van der Waals surface area contributed by atoms with Crippen LogP contribution in [-0.2, 0) is 10.3 Å². The van der Waals surface area contributed by atoms with Crippen LogP contribution in [0.1, 0.15) is 39.8 Å². The Morgan fingerprint density at radius 3 is 2.44 bits per heavy atom. The first-order chi connectivity index (χ1) is 16.1. The molecule has 7 nitrogen and oxygen atoms in total. The molecule has 2 heterocycles. The number of amides is 3. The predicted octanol–water partition coefficient (Wildman–Crippen LogP) is 4.41. The molecule has 0 radical (unpaired) electrons. The second-order valence-corrected chi connectivity index (χ2v) is 8.68. The fourth-order valence-corrected chi connectivity index (χ4v) is 4.38. The van der Waals surface area contributed by atoms with Crippen LogP contribution in [0.25, 0.3) is 5.69 Å². The number of rotatable bonds is 5. The van der Waals surface area contributed by atoms with Gasteiger partial charge in [0.05, 0.1) is 23.2 Å². The zero-order chi connectivity index (χ0) is 24.8. The van der Waals surface area contributed by atoms with Crippen molar-refractivity contribution in [3.05, 3.63) is 87.4 Å². The lowest BCUT2D eigenvalue weighted by Gasteiger charge is -2.22. The van der Waals surface area contributed by atoms with Crippen molar-refractivity contribution < 1.29 is 18.8 Å². The molecular formula is C25H20ClFN4O3. The van der Waals surface area contributed by atoms with E-state index in [4.69, 9.17) is 16.9 Å². The fourth-order valence-electron chi connectivity index (χ4n) is 4.21. The predicted molar refractivity (Wildman–Crippen MR) is 123 cm³/mol. The summed E-state index contributed by atoms with van der Waals surface area (Å²) in [6.45, 7) is 4.63. The summed E-state index contributed by atoms with van der Waals surface area (Å²) >= 11 is 5.92. The van der Waals surface area contributed by atoms with Gasteiger partial charge < -0.3 is 9.88 Å².